The first kappa shape index (κ1) is 14.4. The van der Waals surface area contributed by atoms with E-state index in [1.807, 2.05) is 6.07 Å². The van der Waals surface area contributed by atoms with Crippen LogP contribution in [0.1, 0.15) is 15.9 Å². The Morgan fingerprint density at radius 2 is 1.90 bits per heavy atom. The maximum Gasteiger partial charge on any atom is 0.261 e. The van der Waals surface area contributed by atoms with Crippen LogP contribution in [0.4, 0.5) is 5.69 Å². The number of hydrogen-bond acceptors (Lipinski definition) is 4. The van der Waals surface area contributed by atoms with Gasteiger partial charge in [0.25, 0.3) is 5.91 Å². The number of rotatable bonds is 3. The summed E-state index contributed by atoms with van der Waals surface area (Å²) >= 11 is 0. The lowest BCUT2D eigenvalue weighted by Crippen LogP contribution is -2.26. The molecule has 0 aliphatic carbocycles. The molecule has 0 spiro atoms. The van der Waals surface area contributed by atoms with Crippen molar-refractivity contribution in [2.45, 2.75) is 0 Å². The van der Waals surface area contributed by atoms with Crippen molar-refractivity contribution in [2.75, 3.05) is 19.1 Å². The van der Waals surface area contributed by atoms with Crippen molar-refractivity contribution in [1.29, 1.82) is 5.26 Å². The predicted molar refractivity (Wildman–Crippen MR) is 78.5 cm³/mol. The summed E-state index contributed by atoms with van der Waals surface area (Å²) in [4.78, 5) is 13.8. The Balaban J connectivity index is 2.32. The van der Waals surface area contributed by atoms with E-state index in [2.05, 4.69) is 0 Å². The Labute approximate surface area is 122 Å². The highest BCUT2D eigenvalue weighted by molar-refractivity contribution is 6.07. The molecule has 106 valence electrons. The third-order valence-corrected chi connectivity index (χ3v) is 3.12. The van der Waals surface area contributed by atoms with Gasteiger partial charge in [0, 0.05) is 12.7 Å². The Bertz CT molecular complexity index is 702. The number of anilines is 1. The minimum absolute atomic E-state index is 0.110. The maximum absolute atomic E-state index is 12.4. The van der Waals surface area contributed by atoms with Crippen molar-refractivity contribution in [3.63, 3.8) is 0 Å². The average Bonchev–Trinajstić information content (AvgIpc) is 2.54. The van der Waals surface area contributed by atoms with Crippen LogP contribution in [0, 0.1) is 11.3 Å². The molecule has 21 heavy (non-hydrogen) atoms. The average molecular weight is 282 g/mol. The molecule has 2 aromatic rings. The van der Waals surface area contributed by atoms with Crippen LogP contribution in [0.3, 0.4) is 0 Å². The fourth-order valence-corrected chi connectivity index (χ4v) is 1.87. The van der Waals surface area contributed by atoms with E-state index in [0.29, 0.717) is 17.0 Å². The highest BCUT2D eigenvalue weighted by Crippen LogP contribution is 2.25. The van der Waals surface area contributed by atoms with E-state index in [-0.39, 0.29) is 17.2 Å². The van der Waals surface area contributed by atoms with E-state index in [1.165, 1.54) is 24.1 Å². The molecule has 0 saturated carbocycles. The van der Waals surface area contributed by atoms with Crippen molar-refractivity contribution in [1.82, 2.24) is 0 Å². The molecule has 2 aromatic carbocycles. The SMILES string of the molecule is COc1ccc(O)c(C(=O)N(C)c2ccc(C#N)cc2)c1. The van der Waals surface area contributed by atoms with Gasteiger partial charge in [0.15, 0.2) is 0 Å². The van der Waals surface area contributed by atoms with Crippen molar-refractivity contribution in [3.8, 4) is 17.6 Å². The molecule has 5 heteroatoms. The number of hydrogen-bond donors (Lipinski definition) is 1. The first-order chi connectivity index (χ1) is 10.1. The van der Waals surface area contributed by atoms with Crippen molar-refractivity contribution >= 4 is 11.6 Å². The summed E-state index contributed by atoms with van der Waals surface area (Å²) in [6, 6.07) is 13.1. The first-order valence-corrected chi connectivity index (χ1v) is 6.22. The lowest BCUT2D eigenvalue weighted by molar-refractivity contribution is 0.0990. The van der Waals surface area contributed by atoms with Gasteiger partial charge in [-0.15, -0.1) is 0 Å². The fourth-order valence-electron chi connectivity index (χ4n) is 1.87. The Morgan fingerprint density at radius 3 is 2.48 bits per heavy atom. The number of aromatic hydroxyl groups is 1. The first-order valence-electron chi connectivity index (χ1n) is 6.22. The molecule has 0 unspecified atom stereocenters. The van der Waals surface area contributed by atoms with Crippen LogP contribution in [0.5, 0.6) is 11.5 Å². The van der Waals surface area contributed by atoms with Gasteiger partial charge in [-0.25, -0.2) is 0 Å². The topological polar surface area (TPSA) is 73.6 Å². The summed E-state index contributed by atoms with van der Waals surface area (Å²) in [6.07, 6.45) is 0. The zero-order valence-electron chi connectivity index (χ0n) is 11.7. The van der Waals surface area contributed by atoms with Gasteiger partial charge in [-0.2, -0.15) is 5.26 Å². The normalized spacial score (nSPS) is 9.76. The molecular formula is C16H14N2O3. The van der Waals surface area contributed by atoms with E-state index in [1.54, 1.807) is 37.4 Å². The molecule has 1 N–H and O–H groups in total. The molecule has 0 fully saturated rings. The number of carbonyl (C=O) groups excluding carboxylic acids is 1. The molecule has 0 aromatic heterocycles. The summed E-state index contributed by atoms with van der Waals surface area (Å²) in [7, 11) is 3.09. The third kappa shape index (κ3) is 2.95. The van der Waals surface area contributed by atoms with E-state index in [4.69, 9.17) is 10.00 Å². The van der Waals surface area contributed by atoms with Gasteiger partial charge in [0.05, 0.1) is 24.3 Å². The molecule has 0 bridgehead atoms. The van der Waals surface area contributed by atoms with Crippen LogP contribution in [-0.2, 0) is 0 Å². The monoisotopic (exact) mass is 282 g/mol. The van der Waals surface area contributed by atoms with Gasteiger partial charge >= 0.3 is 0 Å². The number of ether oxygens (including phenoxy) is 1. The van der Waals surface area contributed by atoms with Crippen LogP contribution >= 0.6 is 0 Å². The third-order valence-electron chi connectivity index (χ3n) is 3.12. The summed E-state index contributed by atoms with van der Waals surface area (Å²) in [5.74, 6) is 0.0155. The van der Waals surface area contributed by atoms with E-state index in [9.17, 15) is 9.90 Å². The number of benzene rings is 2. The standard InChI is InChI=1S/C16H14N2O3/c1-18(12-5-3-11(10-17)4-6-12)16(20)14-9-13(21-2)7-8-15(14)19/h3-9,19H,1-2H3. The van der Waals surface area contributed by atoms with E-state index >= 15 is 0 Å². The zero-order chi connectivity index (χ0) is 15.4. The lowest BCUT2D eigenvalue weighted by Gasteiger charge is -2.18. The van der Waals surface area contributed by atoms with E-state index < -0.39 is 0 Å². The zero-order valence-corrected chi connectivity index (χ0v) is 11.7. The van der Waals surface area contributed by atoms with Gasteiger partial charge in [0.2, 0.25) is 0 Å². The van der Waals surface area contributed by atoms with Crippen LogP contribution in [-0.4, -0.2) is 25.2 Å². The number of amides is 1. The predicted octanol–water partition coefficient (Wildman–Crippen LogP) is 2.55. The quantitative estimate of drug-likeness (QED) is 0.938. The summed E-state index contributed by atoms with van der Waals surface area (Å²) in [5.41, 5.74) is 1.30. The minimum atomic E-state index is -0.365. The molecule has 0 aliphatic rings. The second-order valence-corrected chi connectivity index (χ2v) is 4.41. The maximum atomic E-state index is 12.4. The van der Waals surface area contributed by atoms with Crippen molar-refractivity contribution in [3.05, 3.63) is 53.6 Å². The van der Waals surface area contributed by atoms with Gasteiger partial charge in [-0.3, -0.25) is 4.79 Å². The number of methoxy groups -OCH3 is 1. The van der Waals surface area contributed by atoms with Gasteiger partial charge < -0.3 is 14.7 Å². The Morgan fingerprint density at radius 1 is 1.24 bits per heavy atom. The van der Waals surface area contributed by atoms with Gasteiger partial charge in [-0.1, -0.05) is 0 Å². The van der Waals surface area contributed by atoms with Crippen molar-refractivity contribution < 1.29 is 14.6 Å². The molecule has 5 nitrogen and oxygen atoms in total. The van der Waals surface area contributed by atoms with Crippen LogP contribution in [0.25, 0.3) is 0 Å². The fraction of sp³-hybridized carbons (Fsp3) is 0.125. The highest BCUT2D eigenvalue weighted by atomic mass is 16.5. The van der Waals surface area contributed by atoms with Gasteiger partial charge in [0.1, 0.15) is 11.5 Å². The number of nitriles is 1. The highest BCUT2D eigenvalue weighted by Gasteiger charge is 2.18. The molecule has 0 saturated heterocycles. The lowest BCUT2D eigenvalue weighted by atomic mass is 10.1. The van der Waals surface area contributed by atoms with Gasteiger partial charge in [-0.05, 0) is 42.5 Å². The molecular weight excluding hydrogens is 268 g/mol. The Kier molecular flexibility index (Phi) is 4.10. The smallest absolute Gasteiger partial charge is 0.261 e. The van der Waals surface area contributed by atoms with Crippen LogP contribution in [0.15, 0.2) is 42.5 Å². The van der Waals surface area contributed by atoms with Crippen LogP contribution < -0.4 is 9.64 Å². The number of nitrogens with zero attached hydrogens (tertiary/aromatic N) is 2. The molecule has 2 rings (SSSR count). The minimum Gasteiger partial charge on any atom is -0.507 e. The summed E-state index contributed by atoms with van der Waals surface area (Å²) < 4.78 is 5.06. The number of phenolic OH excluding ortho intramolecular Hbond substituents is 1. The number of phenols is 1. The molecule has 1 amide bonds. The summed E-state index contributed by atoms with van der Waals surface area (Å²) in [5, 5.41) is 18.6. The molecule has 0 aliphatic heterocycles. The van der Waals surface area contributed by atoms with Crippen LogP contribution in [0.2, 0.25) is 0 Å². The molecule has 0 atom stereocenters. The largest absolute Gasteiger partial charge is 0.507 e. The summed E-state index contributed by atoms with van der Waals surface area (Å²) in [6.45, 7) is 0. The van der Waals surface area contributed by atoms with Crippen molar-refractivity contribution in [2.24, 2.45) is 0 Å². The Hall–Kier alpha value is -3.00. The molecule has 0 heterocycles. The second-order valence-electron chi connectivity index (χ2n) is 4.41. The van der Waals surface area contributed by atoms with E-state index in [0.717, 1.165) is 0 Å². The molecule has 0 radical (unpaired) electrons. The number of carbonyl (C=O) groups is 1. The second kappa shape index (κ2) is 5.97.